The first-order valence-corrected chi connectivity index (χ1v) is 7.98. The van der Waals surface area contributed by atoms with E-state index in [1.807, 2.05) is 6.92 Å². The number of ether oxygens (including phenoxy) is 1. The van der Waals surface area contributed by atoms with Crippen LogP contribution in [0.3, 0.4) is 0 Å². The lowest BCUT2D eigenvalue weighted by molar-refractivity contribution is -0.135. The van der Waals surface area contributed by atoms with E-state index in [2.05, 4.69) is 11.2 Å². The van der Waals surface area contributed by atoms with E-state index in [0.29, 0.717) is 16.8 Å². The van der Waals surface area contributed by atoms with Gasteiger partial charge in [0.25, 0.3) is 0 Å². The van der Waals surface area contributed by atoms with Crippen LogP contribution in [-0.4, -0.2) is 28.1 Å². The summed E-state index contributed by atoms with van der Waals surface area (Å²) in [6.07, 6.45) is 6.08. The number of nitrogens with zero attached hydrogens (tertiary/aromatic N) is 2. The maximum absolute atomic E-state index is 12.8. The Kier molecular flexibility index (Phi) is 4.13. The van der Waals surface area contributed by atoms with Crippen molar-refractivity contribution in [1.29, 1.82) is 0 Å². The van der Waals surface area contributed by atoms with Crippen molar-refractivity contribution in [3.05, 3.63) is 28.2 Å². The first-order chi connectivity index (χ1) is 11.9. The highest BCUT2D eigenvalue weighted by Gasteiger charge is 2.32. The van der Waals surface area contributed by atoms with Gasteiger partial charge in [0, 0.05) is 24.9 Å². The zero-order valence-electron chi connectivity index (χ0n) is 14.3. The molecular weight excluding hydrogens is 322 g/mol. The van der Waals surface area contributed by atoms with Gasteiger partial charge in [-0.05, 0) is 25.5 Å². The largest absolute Gasteiger partial charge is 0.496 e. The molecule has 7 heteroatoms. The van der Waals surface area contributed by atoms with Gasteiger partial charge in [-0.3, -0.25) is 24.0 Å². The zero-order valence-corrected chi connectivity index (χ0v) is 14.3. The molecule has 1 aromatic heterocycles. The molecule has 0 aliphatic carbocycles. The Balaban J connectivity index is 2.31. The monoisotopic (exact) mass is 341 g/mol. The number of aryl methyl sites for hydroxylation is 1. The zero-order chi connectivity index (χ0) is 18.3. The van der Waals surface area contributed by atoms with Crippen LogP contribution in [0.2, 0.25) is 0 Å². The number of amides is 2. The van der Waals surface area contributed by atoms with Crippen LogP contribution < -0.4 is 15.7 Å². The van der Waals surface area contributed by atoms with Gasteiger partial charge in [-0.2, -0.15) is 0 Å². The van der Waals surface area contributed by atoms with Gasteiger partial charge in [0.15, 0.2) is 0 Å². The second-order valence-corrected chi connectivity index (χ2v) is 6.12. The van der Waals surface area contributed by atoms with Crippen LogP contribution in [0.5, 0.6) is 5.75 Å². The van der Waals surface area contributed by atoms with Crippen molar-refractivity contribution in [2.24, 2.45) is 7.05 Å². The molecule has 0 radical (unpaired) electrons. The number of piperidine rings is 1. The van der Waals surface area contributed by atoms with Gasteiger partial charge < -0.3 is 4.74 Å². The van der Waals surface area contributed by atoms with E-state index in [1.54, 1.807) is 26.3 Å². The number of carbonyl (C=O) groups is 2. The fourth-order valence-corrected chi connectivity index (χ4v) is 3.39. The van der Waals surface area contributed by atoms with Crippen molar-refractivity contribution >= 4 is 22.8 Å². The molecule has 2 heterocycles. The second-order valence-electron chi connectivity index (χ2n) is 6.12. The number of terminal acetylenes is 1. The Morgan fingerprint density at radius 2 is 2.08 bits per heavy atom. The molecule has 130 valence electrons. The molecule has 7 nitrogen and oxygen atoms in total. The number of fused-ring (bicyclic) bond motifs is 1. The van der Waals surface area contributed by atoms with Gasteiger partial charge in [-0.1, -0.05) is 5.92 Å². The summed E-state index contributed by atoms with van der Waals surface area (Å²) in [6, 6.07) is 2.76. The molecule has 1 aliphatic heterocycles. The fraction of sp³-hybridized carbons (Fsp3) is 0.389. The number of imide groups is 1. The van der Waals surface area contributed by atoms with Crippen LogP contribution in [0.4, 0.5) is 0 Å². The third-order valence-corrected chi connectivity index (χ3v) is 4.67. The van der Waals surface area contributed by atoms with Crippen LogP contribution in [0, 0.1) is 12.3 Å². The number of nitrogens with one attached hydrogen (secondary N) is 1. The summed E-state index contributed by atoms with van der Waals surface area (Å²) >= 11 is 0. The molecule has 2 unspecified atom stereocenters. The fourth-order valence-electron chi connectivity index (χ4n) is 3.39. The molecule has 1 aliphatic rings. The van der Waals surface area contributed by atoms with E-state index in [9.17, 15) is 14.4 Å². The summed E-state index contributed by atoms with van der Waals surface area (Å²) in [5, 5.41) is 2.30. The molecule has 0 bridgehead atoms. The lowest BCUT2D eigenvalue weighted by Crippen LogP contribution is -2.44. The van der Waals surface area contributed by atoms with Crippen LogP contribution in [-0.2, 0) is 16.6 Å². The number of aromatic nitrogens is 2. The summed E-state index contributed by atoms with van der Waals surface area (Å²) in [5.41, 5.74) is 1.63. The number of carbonyl (C=O) groups excluding carboxylic acids is 2. The van der Waals surface area contributed by atoms with Crippen LogP contribution in [0.15, 0.2) is 16.9 Å². The number of methoxy groups -OCH3 is 1. The Bertz CT molecular complexity index is 977. The number of imidazole rings is 1. The van der Waals surface area contributed by atoms with Crippen molar-refractivity contribution in [3.63, 3.8) is 0 Å². The number of benzene rings is 1. The molecule has 2 amide bonds. The van der Waals surface area contributed by atoms with E-state index in [4.69, 9.17) is 11.2 Å². The normalized spacial score (nSPS) is 18.7. The molecule has 1 saturated heterocycles. The van der Waals surface area contributed by atoms with E-state index >= 15 is 0 Å². The summed E-state index contributed by atoms with van der Waals surface area (Å²) in [6.45, 7) is 1.85. The van der Waals surface area contributed by atoms with Gasteiger partial charge >= 0.3 is 5.69 Å². The minimum atomic E-state index is -0.726. The van der Waals surface area contributed by atoms with Gasteiger partial charge in [0.05, 0.1) is 18.1 Å². The second kappa shape index (κ2) is 6.13. The van der Waals surface area contributed by atoms with Crippen LogP contribution in [0.25, 0.3) is 11.0 Å². The first kappa shape index (κ1) is 16.8. The van der Waals surface area contributed by atoms with Crippen molar-refractivity contribution < 1.29 is 14.3 Å². The predicted octanol–water partition coefficient (Wildman–Crippen LogP) is 1.06. The third kappa shape index (κ3) is 2.50. The molecule has 1 fully saturated rings. The highest BCUT2D eigenvalue weighted by atomic mass is 16.5. The van der Waals surface area contributed by atoms with Crippen molar-refractivity contribution in [2.75, 3.05) is 7.11 Å². The van der Waals surface area contributed by atoms with E-state index in [1.165, 1.54) is 9.13 Å². The number of rotatable bonds is 3. The standard InChI is InChI=1S/C18H19N3O4/c1-5-10(2)15-13(25-4)8-6-11-16(15)20(3)18(24)21(11)12-7-9-14(22)19-17(12)23/h1,6,8,10,12H,7,9H2,2-4H3,(H,19,22,23). The van der Waals surface area contributed by atoms with E-state index < -0.39 is 11.9 Å². The maximum atomic E-state index is 12.8. The van der Waals surface area contributed by atoms with Gasteiger partial charge in [0.2, 0.25) is 11.8 Å². The molecule has 1 aromatic carbocycles. The molecule has 2 aromatic rings. The summed E-state index contributed by atoms with van der Waals surface area (Å²) in [5.74, 6) is 2.20. The minimum absolute atomic E-state index is 0.197. The molecule has 2 atom stereocenters. The summed E-state index contributed by atoms with van der Waals surface area (Å²) in [7, 11) is 3.18. The van der Waals surface area contributed by atoms with Crippen molar-refractivity contribution in [1.82, 2.24) is 14.5 Å². The lowest BCUT2D eigenvalue weighted by atomic mass is 9.98. The highest BCUT2D eigenvalue weighted by Crippen LogP contribution is 2.34. The number of hydrogen-bond donors (Lipinski definition) is 1. The van der Waals surface area contributed by atoms with Gasteiger partial charge in [-0.15, -0.1) is 6.42 Å². The molecule has 0 saturated carbocycles. The summed E-state index contributed by atoms with van der Waals surface area (Å²) in [4.78, 5) is 36.5. The summed E-state index contributed by atoms with van der Waals surface area (Å²) < 4.78 is 8.33. The average molecular weight is 341 g/mol. The van der Waals surface area contributed by atoms with Gasteiger partial charge in [0.1, 0.15) is 11.8 Å². The number of hydrogen-bond acceptors (Lipinski definition) is 4. The molecule has 1 N–H and O–H groups in total. The van der Waals surface area contributed by atoms with Crippen LogP contribution in [0.1, 0.15) is 37.3 Å². The molecule has 0 spiro atoms. The van der Waals surface area contributed by atoms with Gasteiger partial charge in [-0.25, -0.2) is 4.79 Å². The Labute approximate surface area is 144 Å². The third-order valence-electron chi connectivity index (χ3n) is 4.67. The molecular formula is C18H19N3O4. The Morgan fingerprint density at radius 3 is 2.68 bits per heavy atom. The molecule has 25 heavy (non-hydrogen) atoms. The maximum Gasteiger partial charge on any atom is 0.329 e. The van der Waals surface area contributed by atoms with Crippen molar-refractivity contribution in [3.8, 4) is 18.1 Å². The predicted molar refractivity (Wildman–Crippen MR) is 92.4 cm³/mol. The average Bonchev–Trinajstić information content (AvgIpc) is 2.85. The molecule has 3 rings (SSSR count). The highest BCUT2D eigenvalue weighted by molar-refractivity contribution is 6.00. The van der Waals surface area contributed by atoms with Crippen LogP contribution >= 0.6 is 0 Å². The SMILES string of the molecule is C#CC(C)c1c(OC)ccc2c1n(C)c(=O)n2C1CCC(=O)NC1=O. The quantitative estimate of drug-likeness (QED) is 0.669. The first-order valence-electron chi connectivity index (χ1n) is 7.98. The van der Waals surface area contributed by atoms with E-state index in [-0.39, 0.29) is 30.4 Å². The topological polar surface area (TPSA) is 82.3 Å². The minimum Gasteiger partial charge on any atom is -0.496 e. The smallest absolute Gasteiger partial charge is 0.329 e. The van der Waals surface area contributed by atoms with Crippen molar-refractivity contribution in [2.45, 2.75) is 31.7 Å². The lowest BCUT2D eigenvalue weighted by Gasteiger charge is -2.22. The van der Waals surface area contributed by atoms with E-state index in [0.717, 1.165) is 5.56 Å². The Morgan fingerprint density at radius 1 is 1.36 bits per heavy atom. The Hall–Kier alpha value is -3.01.